The van der Waals surface area contributed by atoms with Crippen LogP contribution in [-0.2, 0) is 6.54 Å². The number of methoxy groups -OCH3 is 2. The molecule has 37 heavy (non-hydrogen) atoms. The predicted octanol–water partition coefficient (Wildman–Crippen LogP) is 3.32. The van der Waals surface area contributed by atoms with Gasteiger partial charge >= 0.3 is 6.03 Å². The lowest BCUT2D eigenvalue weighted by Crippen LogP contribution is -2.52. The number of rotatable bonds is 6. The first-order chi connectivity index (χ1) is 18.1. The van der Waals surface area contributed by atoms with E-state index in [-0.39, 0.29) is 12.0 Å². The van der Waals surface area contributed by atoms with E-state index < -0.39 is 0 Å². The van der Waals surface area contributed by atoms with Gasteiger partial charge in [-0.2, -0.15) is 4.98 Å². The molecule has 4 aromatic rings. The van der Waals surface area contributed by atoms with Crippen molar-refractivity contribution in [3.8, 4) is 22.8 Å². The van der Waals surface area contributed by atoms with E-state index in [4.69, 9.17) is 20.2 Å². The van der Waals surface area contributed by atoms with Gasteiger partial charge in [-0.1, -0.05) is 30.3 Å². The van der Waals surface area contributed by atoms with Crippen molar-refractivity contribution in [2.75, 3.05) is 51.0 Å². The zero-order valence-corrected chi connectivity index (χ0v) is 20.8. The zero-order valence-electron chi connectivity index (χ0n) is 20.8. The van der Waals surface area contributed by atoms with Gasteiger partial charge in [-0.25, -0.2) is 14.8 Å². The highest BCUT2D eigenvalue weighted by Crippen LogP contribution is 2.33. The number of fused-ring (bicyclic) bond motifs is 1. The van der Waals surface area contributed by atoms with E-state index in [1.165, 1.54) is 0 Å². The average molecular weight is 500 g/mol. The van der Waals surface area contributed by atoms with Crippen LogP contribution in [0.15, 0.2) is 60.7 Å². The third kappa shape index (κ3) is 5.18. The molecule has 0 radical (unpaired) electrons. The second kappa shape index (κ2) is 10.6. The number of nitrogen functional groups attached to an aromatic ring is 1. The van der Waals surface area contributed by atoms with Crippen LogP contribution >= 0.6 is 0 Å². The summed E-state index contributed by atoms with van der Waals surface area (Å²) < 4.78 is 10.8. The van der Waals surface area contributed by atoms with Gasteiger partial charge in [-0.3, -0.25) is 0 Å². The van der Waals surface area contributed by atoms with Gasteiger partial charge in [0.1, 0.15) is 5.52 Å². The number of urea groups is 1. The van der Waals surface area contributed by atoms with E-state index in [9.17, 15) is 4.79 Å². The van der Waals surface area contributed by atoms with Gasteiger partial charge in [0.2, 0.25) is 5.95 Å². The fraction of sp³-hybridized carbons (Fsp3) is 0.259. The van der Waals surface area contributed by atoms with Crippen molar-refractivity contribution in [2.45, 2.75) is 6.54 Å². The lowest BCUT2D eigenvalue weighted by Gasteiger charge is -2.35. The molecule has 0 atom stereocenters. The minimum Gasteiger partial charge on any atom is -0.493 e. The number of nitrogens with two attached hydrogens (primary N) is 1. The normalized spacial score (nSPS) is 13.5. The van der Waals surface area contributed by atoms with Crippen molar-refractivity contribution in [2.24, 2.45) is 0 Å². The van der Waals surface area contributed by atoms with Crippen molar-refractivity contribution >= 4 is 28.8 Å². The molecule has 0 unspecified atom stereocenters. The molecule has 2 amide bonds. The number of carbonyl (C=O) groups is 1. The molecular weight excluding hydrogens is 470 g/mol. The van der Waals surface area contributed by atoms with Gasteiger partial charge in [-0.05, 0) is 35.9 Å². The van der Waals surface area contributed by atoms with E-state index in [0.717, 1.165) is 16.8 Å². The van der Waals surface area contributed by atoms with Crippen LogP contribution in [0.1, 0.15) is 5.56 Å². The summed E-state index contributed by atoms with van der Waals surface area (Å²) in [4.78, 5) is 30.4. The van der Waals surface area contributed by atoms with Crippen LogP contribution in [0.5, 0.6) is 11.5 Å². The number of piperazine rings is 1. The summed E-state index contributed by atoms with van der Waals surface area (Å²) in [6.07, 6.45) is 0. The molecular formula is C27H29N7O3. The molecule has 5 rings (SSSR count). The maximum Gasteiger partial charge on any atom is 0.317 e. The summed E-state index contributed by atoms with van der Waals surface area (Å²) in [6.45, 7) is 2.82. The number of nitrogens with one attached hydrogen (secondary N) is 1. The van der Waals surface area contributed by atoms with Gasteiger partial charge in [0.05, 0.1) is 25.4 Å². The Balaban J connectivity index is 1.35. The lowest BCUT2D eigenvalue weighted by molar-refractivity contribution is 0.194. The van der Waals surface area contributed by atoms with Gasteiger partial charge in [-0.15, -0.1) is 0 Å². The van der Waals surface area contributed by atoms with Crippen LogP contribution in [0.2, 0.25) is 0 Å². The molecule has 0 aliphatic carbocycles. The Morgan fingerprint density at radius 2 is 1.68 bits per heavy atom. The van der Waals surface area contributed by atoms with Crippen LogP contribution in [0.25, 0.3) is 22.3 Å². The van der Waals surface area contributed by atoms with Gasteiger partial charge in [0.15, 0.2) is 17.3 Å². The molecule has 1 saturated heterocycles. The molecule has 1 fully saturated rings. The monoisotopic (exact) mass is 499 g/mol. The molecule has 0 bridgehead atoms. The maximum atomic E-state index is 12.7. The Kier molecular flexibility index (Phi) is 6.89. The van der Waals surface area contributed by atoms with Crippen molar-refractivity contribution in [3.05, 3.63) is 66.2 Å². The Bertz CT molecular complexity index is 1410. The van der Waals surface area contributed by atoms with Crippen LogP contribution in [-0.4, -0.2) is 66.3 Å². The van der Waals surface area contributed by atoms with Crippen LogP contribution in [0.4, 0.5) is 16.6 Å². The average Bonchev–Trinajstić information content (AvgIpc) is 2.95. The van der Waals surface area contributed by atoms with Gasteiger partial charge < -0.3 is 30.3 Å². The van der Waals surface area contributed by atoms with Crippen molar-refractivity contribution in [1.29, 1.82) is 0 Å². The number of carbonyl (C=O) groups excluding carboxylic acids is 1. The van der Waals surface area contributed by atoms with Crippen LogP contribution in [0, 0.1) is 0 Å². The highest BCUT2D eigenvalue weighted by molar-refractivity contribution is 5.89. The highest BCUT2D eigenvalue weighted by Gasteiger charge is 2.24. The molecule has 2 aromatic carbocycles. The topological polar surface area (TPSA) is 119 Å². The molecule has 1 aliphatic heterocycles. The number of anilines is 2. The second-order valence-electron chi connectivity index (χ2n) is 8.66. The van der Waals surface area contributed by atoms with Crippen molar-refractivity contribution in [3.63, 3.8) is 0 Å². The van der Waals surface area contributed by atoms with E-state index in [1.54, 1.807) is 14.2 Å². The number of hydrogen-bond donors (Lipinski definition) is 2. The van der Waals surface area contributed by atoms with E-state index in [1.807, 2.05) is 65.6 Å². The highest BCUT2D eigenvalue weighted by atomic mass is 16.5. The summed E-state index contributed by atoms with van der Waals surface area (Å²) in [6, 6.07) is 19.2. The molecule has 0 spiro atoms. The van der Waals surface area contributed by atoms with Gasteiger partial charge in [0, 0.05) is 38.3 Å². The minimum absolute atomic E-state index is 0.0792. The molecule has 10 heteroatoms. The fourth-order valence-electron chi connectivity index (χ4n) is 4.40. The third-order valence-electron chi connectivity index (χ3n) is 6.37. The maximum absolute atomic E-state index is 12.7. The number of hydrogen-bond acceptors (Lipinski definition) is 8. The molecule has 2 aromatic heterocycles. The number of pyridine rings is 1. The second-order valence-corrected chi connectivity index (χ2v) is 8.66. The molecule has 3 heterocycles. The first-order valence-corrected chi connectivity index (χ1v) is 12.0. The number of amides is 2. The minimum atomic E-state index is -0.0792. The zero-order chi connectivity index (χ0) is 25.8. The third-order valence-corrected chi connectivity index (χ3v) is 6.37. The Labute approximate surface area is 215 Å². The number of nitrogens with zero attached hydrogens (tertiary/aromatic N) is 5. The summed E-state index contributed by atoms with van der Waals surface area (Å²) in [7, 11) is 3.21. The van der Waals surface area contributed by atoms with Crippen LogP contribution in [0.3, 0.4) is 0 Å². The molecule has 190 valence electrons. The van der Waals surface area contributed by atoms with Crippen molar-refractivity contribution < 1.29 is 14.3 Å². The first kappa shape index (κ1) is 24.1. The summed E-state index contributed by atoms with van der Waals surface area (Å²) in [5.41, 5.74) is 10.0. The standard InChI is InChI=1S/C27H29N7O3/c1-36-22-11-8-19(16-23(22)37-2)20-9-10-21-24(30-20)25(32-26(28)31-21)33-12-14-34(15-13-33)27(35)29-17-18-6-4-3-5-7-18/h3-11,16H,12-15,17H2,1-2H3,(H,29,35)(H2,28,31,32). The van der Waals surface area contributed by atoms with Crippen molar-refractivity contribution in [1.82, 2.24) is 25.2 Å². The summed E-state index contributed by atoms with van der Waals surface area (Å²) in [5.74, 6) is 2.12. The summed E-state index contributed by atoms with van der Waals surface area (Å²) in [5, 5.41) is 3.00. The van der Waals surface area contributed by atoms with Gasteiger partial charge in [0.25, 0.3) is 0 Å². The Morgan fingerprint density at radius 3 is 2.41 bits per heavy atom. The predicted molar refractivity (Wildman–Crippen MR) is 143 cm³/mol. The largest absolute Gasteiger partial charge is 0.493 e. The lowest BCUT2D eigenvalue weighted by atomic mass is 10.1. The smallest absolute Gasteiger partial charge is 0.317 e. The molecule has 0 saturated carbocycles. The molecule has 10 nitrogen and oxygen atoms in total. The van der Waals surface area contributed by atoms with E-state index in [0.29, 0.717) is 61.1 Å². The van der Waals surface area contributed by atoms with E-state index >= 15 is 0 Å². The Morgan fingerprint density at radius 1 is 0.919 bits per heavy atom. The number of benzene rings is 2. The molecule has 1 aliphatic rings. The fourth-order valence-corrected chi connectivity index (χ4v) is 4.40. The number of ether oxygens (including phenoxy) is 2. The SMILES string of the molecule is COc1ccc(-c2ccc3nc(N)nc(N4CCN(C(=O)NCc5ccccc5)CC4)c3n2)cc1OC. The van der Waals surface area contributed by atoms with E-state index in [2.05, 4.69) is 20.2 Å². The summed E-state index contributed by atoms with van der Waals surface area (Å²) >= 11 is 0. The molecule has 3 N–H and O–H groups in total. The Hall–Kier alpha value is -4.60. The van der Waals surface area contributed by atoms with Crippen LogP contribution < -0.4 is 25.4 Å². The number of aromatic nitrogens is 3. The first-order valence-electron chi connectivity index (χ1n) is 12.0. The quantitative estimate of drug-likeness (QED) is 0.415.